The monoisotopic (exact) mass is 344 g/mol. The molecule has 4 nitrogen and oxygen atoms in total. The van der Waals surface area contributed by atoms with Crippen molar-refractivity contribution in [3.8, 4) is 0 Å². The molecule has 1 saturated heterocycles. The molecule has 0 spiro atoms. The average molecular weight is 346 g/mol. The number of hydrogen-bond donors (Lipinski definition) is 1. The summed E-state index contributed by atoms with van der Waals surface area (Å²) >= 11 is 11.8. The first-order chi connectivity index (χ1) is 8.43. The van der Waals surface area contributed by atoms with Crippen LogP contribution in [0.5, 0.6) is 0 Å². The standard InChI is InChI=1S/C11H14Cl2N2O2S.ClH/c1-8-7-14-4-5-15(8)18(16,17)11-3-2-9(12)6-10(11)13;/h2-3,6,8,14H,4-5,7H2,1H3;1H. The zero-order valence-corrected chi connectivity index (χ0v) is 13.4. The van der Waals surface area contributed by atoms with Crippen LogP contribution in [0.1, 0.15) is 6.92 Å². The van der Waals surface area contributed by atoms with Crippen LogP contribution in [0.2, 0.25) is 10.0 Å². The van der Waals surface area contributed by atoms with Gasteiger partial charge >= 0.3 is 0 Å². The van der Waals surface area contributed by atoms with Crippen molar-refractivity contribution < 1.29 is 8.42 Å². The second-order valence-electron chi connectivity index (χ2n) is 4.24. The van der Waals surface area contributed by atoms with Gasteiger partial charge in [-0.25, -0.2) is 8.42 Å². The van der Waals surface area contributed by atoms with Crippen LogP contribution in [-0.4, -0.2) is 38.4 Å². The zero-order valence-electron chi connectivity index (χ0n) is 10.3. The Bertz CT molecular complexity index is 551. The highest BCUT2D eigenvalue weighted by Crippen LogP contribution is 2.28. The van der Waals surface area contributed by atoms with E-state index in [4.69, 9.17) is 23.2 Å². The second-order valence-corrected chi connectivity index (χ2v) is 6.95. The first-order valence-electron chi connectivity index (χ1n) is 5.60. The van der Waals surface area contributed by atoms with Gasteiger partial charge in [0, 0.05) is 30.7 Å². The predicted octanol–water partition coefficient (Wildman–Crippen LogP) is 2.40. The van der Waals surface area contributed by atoms with Crippen LogP contribution in [0.3, 0.4) is 0 Å². The van der Waals surface area contributed by atoms with Crippen molar-refractivity contribution in [2.75, 3.05) is 19.6 Å². The molecular formula is C11H15Cl3N2O2S. The molecule has 2 rings (SSSR count). The van der Waals surface area contributed by atoms with Crippen molar-refractivity contribution in [2.45, 2.75) is 17.9 Å². The minimum absolute atomic E-state index is 0. The van der Waals surface area contributed by atoms with E-state index in [9.17, 15) is 8.42 Å². The van der Waals surface area contributed by atoms with E-state index in [1.807, 2.05) is 6.92 Å². The molecule has 0 bridgehead atoms. The Hall–Kier alpha value is -0.0400. The summed E-state index contributed by atoms with van der Waals surface area (Å²) in [7, 11) is -3.56. The maximum absolute atomic E-state index is 12.5. The molecule has 1 aromatic rings. The van der Waals surface area contributed by atoms with Gasteiger partial charge < -0.3 is 5.32 Å². The Morgan fingerprint density at radius 3 is 2.63 bits per heavy atom. The molecule has 8 heteroatoms. The van der Waals surface area contributed by atoms with E-state index in [1.165, 1.54) is 22.5 Å². The molecule has 1 heterocycles. The van der Waals surface area contributed by atoms with Gasteiger partial charge in [-0.1, -0.05) is 23.2 Å². The van der Waals surface area contributed by atoms with Gasteiger partial charge in [-0.15, -0.1) is 12.4 Å². The van der Waals surface area contributed by atoms with E-state index in [-0.39, 0.29) is 28.4 Å². The van der Waals surface area contributed by atoms with Gasteiger partial charge in [-0.05, 0) is 25.1 Å². The molecule has 0 aromatic heterocycles. The highest BCUT2D eigenvalue weighted by Gasteiger charge is 2.32. The number of nitrogens with one attached hydrogen (secondary N) is 1. The van der Waals surface area contributed by atoms with E-state index < -0.39 is 10.0 Å². The van der Waals surface area contributed by atoms with Crippen molar-refractivity contribution in [2.24, 2.45) is 0 Å². The summed E-state index contributed by atoms with van der Waals surface area (Å²) in [5.41, 5.74) is 0. The zero-order chi connectivity index (χ0) is 13.3. The third-order valence-electron chi connectivity index (χ3n) is 2.92. The molecule has 0 amide bonds. The van der Waals surface area contributed by atoms with Gasteiger partial charge in [-0.2, -0.15) is 4.31 Å². The fourth-order valence-electron chi connectivity index (χ4n) is 1.99. The average Bonchev–Trinajstić information content (AvgIpc) is 2.28. The number of sulfonamides is 1. The van der Waals surface area contributed by atoms with Crippen molar-refractivity contribution in [3.63, 3.8) is 0 Å². The van der Waals surface area contributed by atoms with Crippen molar-refractivity contribution in [3.05, 3.63) is 28.2 Å². The molecular weight excluding hydrogens is 331 g/mol. The topological polar surface area (TPSA) is 49.4 Å². The maximum Gasteiger partial charge on any atom is 0.244 e. The van der Waals surface area contributed by atoms with E-state index in [0.29, 0.717) is 24.7 Å². The molecule has 0 saturated carbocycles. The lowest BCUT2D eigenvalue weighted by Gasteiger charge is -2.33. The molecule has 1 unspecified atom stereocenters. The van der Waals surface area contributed by atoms with Crippen LogP contribution in [0.25, 0.3) is 0 Å². The molecule has 1 aromatic carbocycles. The van der Waals surface area contributed by atoms with E-state index in [0.717, 1.165) is 0 Å². The lowest BCUT2D eigenvalue weighted by atomic mass is 10.3. The number of halogens is 3. The van der Waals surface area contributed by atoms with Crippen molar-refractivity contribution in [1.82, 2.24) is 9.62 Å². The van der Waals surface area contributed by atoms with Crippen LogP contribution in [-0.2, 0) is 10.0 Å². The quantitative estimate of drug-likeness (QED) is 0.895. The number of piperazine rings is 1. The van der Waals surface area contributed by atoms with Crippen LogP contribution in [0.15, 0.2) is 23.1 Å². The summed E-state index contributed by atoms with van der Waals surface area (Å²) in [5, 5.41) is 3.74. The van der Waals surface area contributed by atoms with Crippen molar-refractivity contribution in [1.29, 1.82) is 0 Å². The fraction of sp³-hybridized carbons (Fsp3) is 0.455. The van der Waals surface area contributed by atoms with Gasteiger partial charge in [0.2, 0.25) is 10.0 Å². The van der Waals surface area contributed by atoms with Gasteiger partial charge in [0.05, 0.1) is 5.02 Å². The van der Waals surface area contributed by atoms with Gasteiger partial charge in [0.25, 0.3) is 0 Å². The number of benzene rings is 1. The van der Waals surface area contributed by atoms with Crippen molar-refractivity contribution >= 4 is 45.6 Å². The highest BCUT2D eigenvalue weighted by molar-refractivity contribution is 7.89. The number of nitrogens with zero attached hydrogens (tertiary/aromatic N) is 1. The maximum atomic E-state index is 12.5. The molecule has 1 aliphatic rings. The molecule has 0 radical (unpaired) electrons. The number of rotatable bonds is 2. The minimum Gasteiger partial charge on any atom is -0.314 e. The Kier molecular flexibility index (Phi) is 5.92. The van der Waals surface area contributed by atoms with E-state index >= 15 is 0 Å². The smallest absolute Gasteiger partial charge is 0.244 e. The summed E-state index contributed by atoms with van der Waals surface area (Å²) < 4.78 is 26.5. The largest absolute Gasteiger partial charge is 0.314 e. The Morgan fingerprint density at radius 1 is 1.37 bits per heavy atom. The number of hydrogen-bond acceptors (Lipinski definition) is 3. The Morgan fingerprint density at radius 2 is 2.05 bits per heavy atom. The third-order valence-corrected chi connectivity index (χ3v) is 5.65. The normalized spacial score (nSPS) is 20.9. The second kappa shape index (κ2) is 6.61. The molecule has 1 fully saturated rings. The molecule has 1 N–H and O–H groups in total. The van der Waals surface area contributed by atoms with Gasteiger partial charge in [0.15, 0.2) is 0 Å². The summed E-state index contributed by atoms with van der Waals surface area (Å²) in [6.45, 7) is 3.61. The lowest BCUT2D eigenvalue weighted by Crippen LogP contribution is -2.52. The summed E-state index contributed by atoms with van der Waals surface area (Å²) in [6.07, 6.45) is 0. The molecule has 19 heavy (non-hydrogen) atoms. The SMILES string of the molecule is CC1CNCCN1S(=O)(=O)c1ccc(Cl)cc1Cl.Cl. The molecule has 108 valence electrons. The minimum atomic E-state index is -3.56. The Labute approximate surface area is 129 Å². The molecule has 1 aliphatic heterocycles. The van der Waals surface area contributed by atoms with Gasteiger partial charge in [-0.3, -0.25) is 0 Å². The molecule has 0 aliphatic carbocycles. The summed E-state index contributed by atoms with van der Waals surface area (Å²) in [6, 6.07) is 4.35. The third kappa shape index (κ3) is 3.54. The first kappa shape index (κ1) is 17.0. The predicted molar refractivity (Wildman–Crippen MR) is 79.9 cm³/mol. The van der Waals surface area contributed by atoms with E-state index in [2.05, 4.69) is 5.32 Å². The van der Waals surface area contributed by atoms with E-state index in [1.54, 1.807) is 0 Å². The van der Waals surface area contributed by atoms with Crippen LogP contribution >= 0.6 is 35.6 Å². The summed E-state index contributed by atoms with van der Waals surface area (Å²) in [5.74, 6) is 0. The highest BCUT2D eigenvalue weighted by atomic mass is 35.5. The fourth-order valence-corrected chi connectivity index (χ4v) is 4.37. The van der Waals surface area contributed by atoms with Crippen LogP contribution < -0.4 is 5.32 Å². The molecule has 1 atom stereocenters. The Balaban J connectivity index is 0.00000180. The first-order valence-corrected chi connectivity index (χ1v) is 7.80. The van der Waals surface area contributed by atoms with Crippen LogP contribution in [0.4, 0.5) is 0 Å². The summed E-state index contributed by atoms with van der Waals surface area (Å²) in [4.78, 5) is 0.113. The van der Waals surface area contributed by atoms with Gasteiger partial charge in [0.1, 0.15) is 4.90 Å². The lowest BCUT2D eigenvalue weighted by molar-refractivity contribution is 0.284. The van der Waals surface area contributed by atoms with Crippen LogP contribution in [0, 0.1) is 0 Å².